The van der Waals surface area contributed by atoms with Crippen LogP contribution in [0.2, 0.25) is 0 Å². The van der Waals surface area contributed by atoms with Gasteiger partial charge in [0.15, 0.2) is 5.96 Å². The van der Waals surface area contributed by atoms with Gasteiger partial charge in [0.1, 0.15) is 12.1 Å². The van der Waals surface area contributed by atoms with E-state index in [2.05, 4.69) is 28.3 Å². The topological polar surface area (TPSA) is 212 Å². The average Bonchev–Trinajstić information content (AvgIpc) is 2.61. The first-order chi connectivity index (χ1) is 12.7. The molecule has 156 valence electrons. The van der Waals surface area contributed by atoms with Crippen molar-refractivity contribution in [3.63, 3.8) is 0 Å². The summed E-state index contributed by atoms with van der Waals surface area (Å²) in [4.78, 5) is 39.4. The largest absolute Gasteiger partial charge is 0.480 e. The molecule has 11 N–H and O–H groups in total. The van der Waals surface area contributed by atoms with Crippen molar-refractivity contribution in [3.8, 4) is 0 Å². The molecule has 0 aromatic carbocycles. The molecular weight excluding hydrogens is 374 g/mol. The molecule has 0 bridgehead atoms. The molecular formula is C15H31N7O4S. The molecule has 0 rings (SSSR count). The normalized spacial score (nSPS) is 13.9. The minimum atomic E-state index is -1.20. The summed E-state index contributed by atoms with van der Waals surface area (Å²) in [5, 5.41) is 14.1. The van der Waals surface area contributed by atoms with E-state index in [4.69, 9.17) is 22.9 Å². The number of aliphatic imine (C=N–C) groups is 1. The van der Waals surface area contributed by atoms with E-state index >= 15 is 0 Å². The van der Waals surface area contributed by atoms with Gasteiger partial charge in [-0.15, -0.1) is 0 Å². The number of rotatable bonds is 14. The van der Waals surface area contributed by atoms with Crippen LogP contribution in [0.5, 0.6) is 0 Å². The van der Waals surface area contributed by atoms with Crippen molar-refractivity contribution in [1.82, 2.24) is 10.6 Å². The molecule has 0 spiro atoms. The first-order valence-electron chi connectivity index (χ1n) is 8.68. The van der Waals surface area contributed by atoms with Gasteiger partial charge >= 0.3 is 5.97 Å². The van der Waals surface area contributed by atoms with Gasteiger partial charge in [0, 0.05) is 12.3 Å². The first-order valence-corrected chi connectivity index (χ1v) is 9.31. The van der Waals surface area contributed by atoms with E-state index < -0.39 is 35.9 Å². The molecule has 27 heavy (non-hydrogen) atoms. The summed E-state index contributed by atoms with van der Waals surface area (Å²) in [6.45, 7) is 0.752. The van der Waals surface area contributed by atoms with E-state index in [1.54, 1.807) is 0 Å². The number of nitrogens with one attached hydrogen (secondary N) is 2. The molecule has 0 aliphatic heterocycles. The molecule has 0 unspecified atom stereocenters. The van der Waals surface area contributed by atoms with Crippen LogP contribution in [0.4, 0.5) is 0 Å². The molecule has 11 nitrogen and oxygen atoms in total. The van der Waals surface area contributed by atoms with E-state index in [-0.39, 0.29) is 24.7 Å². The summed E-state index contributed by atoms with van der Waals surface area (Å²) < 4.78 is 0. The highest BCUT2D eigenvalue weighted by Gasteiger charge is 2.26. The second-order valence-electron chi connectivity index (χ2n) is 5.98. The molecule has 0 aromatic heterocycles. The number of carbonyl (C=O) groups is 3. The zero-order chi connectivity index (χ0) is 20.8. The smallest absolute Gasteiger partial charge is 0.326 e. The minimum Gasteiger partial charge on any atom is -0.480 e. The summed E-state index contributed by atoms with van der Waals surface area (Å²) >= 11 is 4.04. The lowest BCUT2D eigenvalue weighted by molar-refractivity contribution is -0.142. The molecule has 0 aliphatic carbocycles. The molecule has 0 aromatic rings. The van der Waals surface area contributed by atoms with Crippen LogP contribution in [0.25, 0.3) is 0 Å². The monoisotopic (exact) mass is 405 g/mol. The molecule has 0 aliphatic rings. The Kier molecular flexibility index (Phi) is 13.0. The molecule has 0 saturated carbocycles. The van der Waals surface area contributed by atoms with Gasteiger partial charge in [-0.2, -0.15) is 12.6 Å². The summed E-state index contributed by atoms with van der Waals surface area (Å²) in [5.74, 6) is -2.45. The number of unbranched alkanes of at least 4 members (excludes halogenated alkanes) is 1. The summed E-state index contributed by atoms with van der Waals surface area (Å²) in [7, 11) is 0. The Morgan fingerprint density at radius 2 is 1.63 bits per heavy atom. The number of carboxylic acid groups (broad SMARTS) is 1. The van der Waals surface area contributed by atoms with Crippen LogP contribution in [0.1, 0.15) is 32.1 Å². The zero-order valence-corrected chi connectivity index (χ0v) is 16.2. The maximum atomic E-state index is 12.3. The van der Waals surface area contributed by atoms with Crippen LogP contribution < -0.4 is 33.6 Å². The molecule has 0 radical (unpaired) electrons. The highest BCUT2D eigenvalue weighted by molar-refractivity contribution is 7.80. The van der Waals surface area contributed by atoms with Crippen molar-refractivity contribution in [3.05, 3.63) is 0 Å². The van der Waals surface area contributed by atoms with Gasteiger partial charge in [-0.1, -0.05) is 6.42 Å². The van der Waals surface area contributed by atoms with E-state index in [1.165, 1.54) is 0 Å². The Bertz CT molecular complexity index is 514. The van der Waals surface area contributed by atoms with Crippen molar-refractivity contribution >= 4 is 36.4 Å². The second-order valence-corrected chi connectivity index (χ2v) is 6.35. The van der Waals surface area contributed by atoms with Gasteiger partial charge in [-0.05, 0) is 32.2 Å². The van der Waals surface area contributed by atoms with Gasteiger partial charge in [-0.3, -0.25) is 14.6 Å². The Labute approximate surface area is 164 Å². The molecule has 2 amide bonds. The Morgan fingerprint density at radius 3 is 2.15 bits per heavy atom. The number of nitrogens with two attached hydrogens (primary N) is 4. The fourth-order valence-electron chi connectivity index (χ4n) is 2.15. The predicted octanol–water partition coefficient (Wildman–Crippen LogP) is -2.52. The Balaban J connectivity index is 4.62. The van der Waals surface area contributed by atoms with E-state index in [0.29, 0.717) is 25.8 Å². The maximum absolute atomic E-state index is 12.3. The number of nitrogens with zero attached hydrogens (tertiary/aromatic N) is 1. The van der Waals surface area contributed by atoms with Crippen molar-refractivity contribution < 1.29 is 19.5 Å². The number of carboxylic acids is 1. The first kappa shape index (κ1) is 24.9. The van der Waals surface area contributed by atoms with Crippen molar-refractivity contribution in [2.45, 2.75) is 50.2 Å². The average molecular weight is 406 g/mol. The van der Waals surface area contributed by atoms with Gasteiger partial charge < -0.3 is 38.7 Å². The quantitative estimate of drug-likeness (QED) is 0.0666. The van der Waals surface area contributed by atoms with E-state index in [0.717, 1.165) is 6.42 Å². The third kappa shape index (κ3) is 11.3. The summed E-state index contributed by atoms with van der Waals surface area (Å²) in [5.41, 5.74) is 21.6. The minimum absolute atomic E-state index is 0.00652. The third-order valence-corrected chi connectivity index (χ3v) is 4.05. The Morgan fingerprint density at radius 1 is 1.00 bits per heavy atom. The van der Waals surface area contributed by atoms with E-state index in [9.17, 15) is 19.5 Å². The van der Waals surface area contributed by atoms with Gasteiger partial charge in [0.05, 0.1) is 6.04 Å². The molecule has 3 atom stereocenters. The lowest BCUT2D eigenvalue weighted by atomic mass is 10.1. The molecule has 0 fully saturated rings. The number of hydrogen-bond acceptors (Lipinski definition) is 7. The molecule has 0 heterocycles. The number of carbonyl (C=O) groups excluding carboxylic acids is 2. The van der Waals surface area contributed by atoms with Gasteiger partial charge in [0.2, 0.25) is 11.8 Å². The SMILES string of the molecule is NCCCC[C@H](N)C(=O)N[C@@H](CS)C(=O)N[C@@H](CCCN=C(N)N)C(=O)O. The second kappa shape index (κ2) is 14.1. The Hall–Kier alpha value is -2.05. The summed E-state index contributed by atoms with van der Waals surface area (Å²) in [6.07, 6.45) is 2.37. The number of thiol groups is 1. The van der Waals surface area contributed by atoms with Crippen LogP contribution in [-0.4, -0.2) is 65.8 Å². The van der Waals surface area contributed by atoms with Crippen molar-refractivity contribution in [2.24, 2.45) is 27.9 Å². The highest BCUT2D eigenvalue weighted by Crippen LogP contribution is 2.02. The zero-order valence-electron chi connectivity index (χ0n) is 15.3. The third-order valence-electron chi connectivity index (χ3n) is 3.68. The predicted molar refractivity (Wildman–Crippen MR) is 106 cm³/mol. The molecule has 0 saturated heterocycles. The standard InChI is InChI=1S/C15H31N7O4S/c16-6-2-1-4-9(17)12(23)22-11(8-27)13(24)21-10(14(25)26)5-3-7-20-15(18)19/h9-11,27H,1-8,16-17H2,(H,21,24)(H,22,23)(H,25,26)(H4,18,19,20)/t9-,10-,11-/m0/s1. The maximum Gasteiger partial charge on any atom is 0.326 e. The fraction of sp³-hybridized carbons (Fsp3) is 0.733. The fourth-order valence-corrected chi connectivity index (χ4v) is 2.40. The van der Waals surface area contributed by atoms with Crippen molar-refractivity contribution in [1.29, 1.82) is 0 Å². The van der Waals surface area contributed by atoms with E-state index in [1.807, 2.05) is 0 Å². The number of guanidine groups is 1. The van der Waals surface area contributed by atoms with Crippen LogP contribution in [0.3, 0.4) is 0 Å². The number of amides is 2. The van der Waals surface area contributed by atoms with Gasteiger partial charge in [0.25, 0.3) is 0 Å². The summed E-state index contributed by atoms with van der Waals surface area (Å²) in [6, 6.07) is -2.91. The number of hydrogen-bond donors (Lipinski definition) is 8. The van der Waals surface area contributed by atoms with Crippen LogP contribution in [0, 0.1) is 0 Å². The highest BCUT2D eigenvalue weighted by atomic mass is 32.1. The van der Waals surface area contributed by atoms with Gasteiger partial charge in [-0.25, -0.2) is 4.79 Å². The van der Waals surface area contributed by atoms with Crippen molar-refractivity contribution in [2.75, 3.05) is 18.8 Å². The van der Waals surface area contributed by atoms with Crippen LogP contribution in [0.15, 0.2) is 4.99 Å². The lowest BCUT2D eigenvalue weighted by Gasteiger charge is -2.21. The number of aliphatic carboxylic acids is 1. The van der Waals surface area contributed by atoms with Crippen LogP contribution in [-0.2, 0) is 14.4 Å². The molecule has 12 heteroatoms. The lowest BCUT2D eigenvalue weighted by Crippen LogP contribution is -2.55. The van der Waals surface area contributed by atoms with Crippen LogP contribution >= 0.6 is 12.6 Å².